The third kappa shape index (κ3) is 2.56. The van der Waals surface area contributed by atoms with Gasteiger partial charge in [-0.2, -0.15) is 0 Å². The highest BCUT2D eigenvalue weighted by Crippen LogP contribution is 2.16. The van der Waals surface area contributed by atoms with Crippen molar-refractivity contribution in [1.82, 2.24) is 5.32 Å². The number of rotatable bonds is 3. The number of hydrogen-bond donors (Lipinski definition) is 3. The van der Waals surface area contributed by atoms with Crippen LogP contribution in [-0.4, -0.2) is 23.9 Å². The maximum absolute atomic E-state index is 11.5. The van der Waals surface area contributed by atoms with E-state index in [1.54, 1.807) is 19.1 Å². The lowest BCUT2D eigenvalue weighted by Crippen LogP contribution is -2.44. The molecular weight excluding hydrogens is 182 g/mol. The fourth-order valence-electron chi connectivity index (χ4n) is 1.31. The first-order valence-electron chi connectivity index (χ1n) is 4.54. The second-order valence-corrected chi connectivity index (χ2v) is 3.52. The molecule has 0 aromatic carbocycles. The van der Waals surface area contributed by atoms with Gasteiger partial charge in [-0.15, -0.1) is 0 Å². The molecule has 0 heterocycles. The topological polar surface area (TPSA) is 98.2 Å². The Morgan fingerprint density at radius 1 is 1.50 bits per heavy atom. The van der Waals surface area contributed by atoms with Crippen LogP contribution in [0.2, 0.25) is 0 Å². The summed E-state index contributed by atoms with van der Waals surface area (Å²) in [5, 5.41) is 2.52. The summed E-state index contributed by atoms with van der Waals surface area (Å²) in [7, 11) is 0. The van der Waals surface area contributed by atoms with Gasteiger partial charge in [-0.1, -0.05) is 12.2 Å². The number of carbonyl (C=O) groups is 2. The molecule has 0 aliphatic heterocycles. The van der Waals surface area contributed by atoms with Crippen LogP contribution < -0.4 is 16.8 Å². The summed E-state index contributed by atoms with van der Waals surface area (Å²) in [6.07, 6.45) is 4.14. The van der Waals surface area contributed by atoms with E-state index in [1.165, 1.54) is 0 Å². The highest BCUT2D eigenvalue weighted by Gasteiger charge is 2.24. The minimum Gasteiger partial charge on any atom is -0.368 e. The second kappa shape index (κ2) is 4.23. The Bertz CT molecular complexity index is 275. The lowest BCUT2D eigenvalue weighted by molar-refractivity contribution is -0.128. The van der Waals surface area contributed by atoms with Gasteiger partial charge in [-0.3, -0.25) is 9.59 Å². The van der Waals surface area contributed by atoms with Crippen LogP contribution in [0.25, 0.3) is 0 Å². The Balaban J connectivity index is 2.43. The minimum absolute atomic E-state index is 0.0605. The largest absolute Gasteiger partial charge is 0.368 e. The van der Waals surface area contributed by atoms with Crippen molar-refractivity contribution < 1.29 is 9.59 Å². The first-order valence-corrected chi connectivity index (χ1v) is 4.54. The lowest BCUT2D eigenvalue weighted by Gasteiger charge is -2.13. The van der Waals surface area contributed by atoms with Crippen molar-refractivity contribution in [2.24, 2.45) is 17.4 Å². The molecule has 2 unspecified atom stereocenters. The van der Waals surface area contributed by atoms with Crippen LogP contribution in [0.3, 0.4) is 0 Å². The molecule has 0 aromatic heterocycles. The predicted octanol–water partition coefficient (Wildman–Crippen LogP) is -1.12. The van der Waals surface area contributed by atoms with Gasteiger partial charge in [-0.25, -0.2) is 0 Å². The molecule has 0 spiro atoms. The SMILES string of the molecule is C[C@@H](NC(=O)C1C=CC(N)C1)C(N)=O. The first kappa shape index (κ1) is 10.7. The average Bonchev–Trinajstić information content (AvgIpc) is 2.51. The van der Waals surface area contributed by atoms with E-state index in [1.807, 2.05) is 0 Å². The molecule has 0 radical (unpaired) electrons. The van der Waals surface area contributed by atoms with Crippen molar-refractivity contribution in [3.63, 3.8) is 0 Å². The zero-order chi connectivity index (χ0) is 10.7. The van der Waals surface area contributed by atoms with Crippen molar-refractivity contribution in [3.05, 3.63) is 12.2 Å². The van der Waals surface area contributed by atoms with Crippen LogP contribution in [0, 0.1) is 5.92 Å². The molecule has 5 nitrogen and oxygen atoms in total. The van der Waals surface area contributed by atoms with E-state index in [2.05, 4.69) is 5.32 Å². The fourth-order valence-corrected chi connectivity index (χ4v) is 1.31. The normalized spacial score (nSPS) is 27.3. The first-order chi connectivity index (χ1) is 6.50. The fraction of sp³-hybridized carbons (Fsp3) is 0.556. The molecule has 5 N–H and O–H groups in total. The third-order valence-corrected chi connectivity index (χ3v) is 2.24. The van der Waals surface area contributed by atoms with E-state index >= 15 is 0 Å². The number of nitrogens with one attached hydrogen (secondary N) is 1. The molecule has 5 heteroatoms. The van der Waals surface area contributed by atoms with E-state index < -0.39 is 11.9 Å². The lowest BCUT2D eigenvalue weighted by atomic mass is 10.1. The van der Waals surface area contributed by atoms with Crippen LogP contribution >= 0.6 is 0 Å². The number of nitrogens with two attached hydrogens (primary N) is 2. The maximum Gasteiger partial charge on any atom is 0.239 e. The highest BCUT2D eigenvalue weighted by molar-refractivity contribution is 5.88. The standard InChI is InChI=1S/C9H15N3O2/c1-5(8(11)13)12-9(14)6-2-3-7(10)4-6/h2-3,5-7H,4,10H2,1H3,(H2,11,13)(H,12,14)/t5-,6?,7?/m1/s1. The van der Waals surface area contributed by atoms with Crippen molar-refractivity contribution >= 4 is 11.8 Å². The van der Waals surface area contributed by atoms with Gasteiger partial charge >= 0.3 is 0 Å². The molecule has 0 saturated heterocycles. The smallest absolute Gasteiger partial charge is 0.239 e. The molecule has 0 aromatic rings. The van der Waals surface area contributed by atoms with E-state index in [4.69, 9.17) is 11.5 Å². The summed E-state index contributed by atoms with van der Waals surface area (Å²) in [5.74, 6) is -0.961. The summed E-state index contributed by atoms with van der Waals surface area (Å²) in [5.41, 5.74) is 10.6. The maximum atomic E-state index is 11.5. The Hall–Kier alpha value is -1.36. The van der Waals surface area contributed by atoms with Gasteiger partial charge in [-0.05, 0) is 13.3 Å². The zero-order valence-electron chi connectivity index (χ0n) is 8.07. The van der Waals surface area contributed by atoms with Crippen LogP contribution in [-0.2, 0) is 9.59 Å². The summed E-state index contributed by atoms with van der Waals surface area (Å²) in [4.78, 5) is 22.2. The molecule has 78 valence electrons. The second-order valence-electron chi connectivity index (χ2n) is 3.52. The average molecular weight is 197 g/mol. The van der Waals surface area contributed by atoms with Crippen molar-refractivity contribution in [1.29, 1.82) is 0 Å². The van der Waals surface area contributed by atoms with Crippen LogP contribution in [0.4, 0.5) is 0 Å². The monoisotopic (exact) mass is 197 g/mol. The molecular formula is C9H15N3O2. The Morgan fingerprint density at radius 3 is 2.57 bits per heavy atom. The summed E-state index contributed by atoms with van der Waals surface area (Å²) in [6.45, 7) is 1.55. The van der Waals surface area contributed by atoms with Gasteiger partial charge in [0.2, 0.25) is 11.8 Å². The van der Waals surface area contributed by atoms with E-state index in [0.717, 1.165) is 0 Å². The molecule has 1 aliphatic rings. The van der Waals surface area contributed by atoms with Crippen LogP contribution in [0.15, 0.2) is 12.2 Å². The zero-order valence-corrected chi connectivity index (χ0v) is 8.07. The van der Waals surface area contributed by atoms with Crippen molar-refractivity contribution in [3.8, 4) is 0 Å². The number of hydrogen-bond acceptors (Lipinski definition) is 3. The van der Waals surface area contributed by atoms with Gasteiger partial charge < -0.3 is 16.8 Å². The van der Waals surface area contributed by atoms with Crippen molar-refractivity contribution in [2.45, 2.75) is 25.4 Å². The van der Waals surface area contributed by atoms with Gasteiger partial charge in [0.05, 0.1) is 5.92 Å². The summed E-state index contributed by atoms with van der Waals surface area (Å²) >= 11 is 0. The third-order valence-electron chi connectivity index (χ3n) is 2.24. The predicted molar refractivity (Wildman–Crippen MR) is 52.0 cm³/mol. The van der Waals surface area contributed by atoms with E-state index in [-0.39, 0.29) is 17.9 Å². The summed E-state index contributed by atoms with van der Waals surface area (Å²) in [6, 6.07) is -0.692. The quantitative estimate of drug-likeness (QED) is 0.500. The minimum atomic E-state index is -0.632. The van der Waals surface area contributed by atoms with Crippen LogP contribution in [0.5, 0.6) is 0 Å². The number of carbonyl (C=O) groups excluding carboxylic acids is 2. The van der Waals surface area contributed by atoms with Gasteiger partial charge in [0.1, 0.15) is 6.04 Å². The molecule has 1 rings (SSSR count). The van der Waals surface area contributed by atoms with E-state index in [0.29, 0.717) is 6.42 Å². The Labute approximate surface area is 82.5 Å². The molecule has 3 atom stereocenters. The Kier molecular flexibility index (Phi) is 3.24. The van der Waals surface area contributed by atoms with Gasteiger partial charge in [0, 0.05) is 6.04 Å². The molecule has 0 fully saturated rings. The molecule has 0 saturated carbocycles. The highest BCUT2D eigenvalue weighted by atomic mass is 16.2. The van der Waals surface area contributed by atoms with Crippen LogP contribution in [0.1, 0.15) is 13.3 Å². The Morgan fingerprint density at radius 2 is 2.14 bits per heavy atom. The number of amides is 2. The molecule has 1 aliphatic carbocycles. The van der Waals surface area contributed by atoms with Gasteiger partial charge in [0.25, 0.3) is 0 Å². The molecule has 2 amide bonds. The summed E-state index contributed by atoms with van der Waals surface area (Å²) < 4.78 is 0. The molecule has 14 heavy (non-hydrogen) atoms. The molecule has 0 bridgehead atoms. The number of primary amides is 1. The van der Waals surface area contributed by atoms with Crippen molar-refractivity contribution in [2.75, 3.05) is 0 Å². The van der Waals surface area contributed by atoms with Gasteiger partial charge in [0.15, 0.2) is 0 Å². The van der Waals surface area contributed by atoms with E-state index in [9.17, 15) is 9.59 Å².